The molecule has 0 spiro atoms. The summed E-state index contributed by atoms with van der Waals surface area (Å²) in [7, 11) is -4.45. The minimum Gasteiger partial charge on any atom is -0.505 e. The fraction of sp³-hybridized carbons (Fsp3) is 0.105. The van der Waals surface area contributed by atoms with E-state index in [9.17, 15) is 43.8 Å². The van der Waals surface area contributed by atoms with Crippen molar-refractivity contribution in [3.63, 3.8) is 0 Å². The van der Waals surface area contributed by atoms with Crippen LogP contribution in [0.25, 0.3) is 0 Å². The van der Waals surface area contributed by atoms with Crippen molar-refractivity contribution in [1.82, 2.24) is 4.72 Å². The van der Waals surface area contributed by atoms with Gasteiger partial charge in [0.15, 0.2) is 11.9 Å². The second-order valence-corrected chi connectivity index (χ2v) is 8.29. The molecule has 1 amide bonds. The molecule has 174 valence electrons. The first kappa shape index (κ1) is 23.2. The first-order valence-electron chi connectivity index (χ1n) is 9.07. The average Bonchev–Trinajstić information content (AvgIpc) is 2.79. The van der Waals surface area contributed by atoms with Crippen molar-refractivity contribution in [2.75, 3.05) is 11.9 Å². The number of benzene rings is 2. The van der Waals surface area contributed by atoms with E-state index in [1.807, 2.05) is 4.72 Å². The van der Waals surface area contributed by atoms with Gasteiger partial charge in [0, 0.05) is 11.6 Å². The van der Waals surface area contributed by atoms with Gasteiger partial charge in [-0.2, -0.15) is 0 Å². The lowest BCUT2D eigenvalue weighted by atomic mass is 10.2. The fourth-order valence-corrected chi connectivity index (χ4v) is 3.76. The molecular formula is C19H17N3O10S. The number of carbonyl (C=O) groups is 1. The number of anilines is 1. The van der Waals surface area contributed by atoms with Crippen molar-refractivity contribution in [2.24, 2.45) is 0 Å². The molecule has 6 N–H and O–H groups in total. The van der Waals surface area contributed by atoms with Crippen LogP contribution >= 0.6 is 0 Å². The van der Waals surface area contributed by atoms with Crippen molar-refractivity contribution in [3.05, 3.63) is 87.4 Å². The quantitative estimate of drug-likeness (QED) is 0.250. The van der Waals surface area contributed by atoms with Gasteiger partial charge in [-0.25, -0.2) is 13.1 Å². The molecule has 1 aliphatic rings. The summed E-state index contributed by atoms with van der Waals surface area (Å²) in [6.07, 6.45) is -1.42. The van der Waals surface area contributed by atoms with E-state index in [4.69, 9.17) is 4.74 Å². The van der Waals surface area contributed by atoms with Crippen LogP contribution in [0.1, 0.15) is 10.4 Å². The maximum absolute atomic E-state index is 12.5. The smallest absolute Gasteiger partial charge is 0.325 e. The van der Waals surface area contributed by atoms with Gasteiger partial charge in [-0.1, -0.05) is 18.2 Å². The number of nitrogens with zero attached hydrogens (tertiary/aromatic N) is 1. The zero-order valence-corrected chi connectivity index (χ0v) is 17.3. The standard InChI is InChI=1S/C19H17N3O10S/c23-15-14(32-19(27)17(25)16(15)24)9-20-12-7-6-11(8-13(12)22(28)29)33(30,31)21-18(26)10-4-2-1-3-5-10/h1-8,14,20,23-25,27H,9H2,(H,21,26). The van der Waals surface area contributed by atoms with Crippen LogP contribution in [-0.2, 0) is 14.8 Å². The Kier molecular flexibility index (Phi) is 6.30. The van der Waals surface area contributed by atoms with E-state index in [2.05, 4.69) is 5.32 Å². The number of aliphatic hydroxyl groups excluding tert-OH is 4. The van der Waals surface area contributed by atoms with Gasteiger partial charge in [0.2, 0.25) is 11.5 Å². The summed E-state index contributed by atoms with van der Waals surface area (Å²) >= 11 is 0. The molecule has 14 heteroatoms. The van der Waals surface area contributed by atoms with Crippen LogP contribution in [0.2, 0.25) is 0 Å². The highest BCUT2D eigenvalue weighted by molar-refractivity contribution is 7.90. The number of nitro benzene ring substituents is 1. The van der Waals surface area contributed by atoms with E-state index in [-0.39, 0.29) is 11.3 Å². The third-order valence-electron chi connectivity index (χ3n) is 4.45. The van der Waals surface area contributed by atoms with Crippen molar-refractivity contribution in [1.29, 1.82) is 0 Å². The summed E-state index contributed by atoms with van der Waals surface area (Å²) in [5.74, 6) is -4.95. The lowest BCUT2D eigenvalue weighted by molar-refractivity contribution is -0.384. The molecule has 0 saturated heterocycles. The topological polar surface area (TPSA) is 209 Å². The molecule has 0 aliphatic carbocycles. The first-order chi connectivity index (χ1) is 15.5. The zero-order chi connectivity index (χ0) is 24.3. The number of rotatable bonds is 7. The molecule has 0 radical (unpaired) electrons. The van der Waals surface area contributed by atoms with E-state index in [0.29, 0.717) is 0 Å². The lowest BCUT2D eigenvalue weighted by Gasteiger charge is -2.23. The molecule has 13 nitrogen and oxygen atoms in total. The Labute approximate surface area is 186 Å². The third kappa shape index (κ3) is 4.90. The van der Waals surface area contributed by atoms with Crippen LogP contribution in [0.5, 0.6) is 0 Å². The van der Waals surface area contributed by atoms with Crippen LogP contribution in [0.3, 0.4) is 0 Å². The van der Waals surface area contributed by atoms with Gasteiger partial charge < -0.3 is 30.5 Å². The molecule has 2 aromatic rings. The fourth-order valence-electron chi connectivity index (χ4n) is 2.77. The predicted octanol–water partition coefficient (Wildman–Crippen LogP) is 2.14. The van der Waals surface area contributed by atoms with Crippen LogP contribution in [0.4, 0.5) is 11.4 Å². The van der Waals surface area contributed by atoms with E-state index in [0.717, 1.165) is 18.2 Å². The number of ether oxygens (including phenoxy) is 1. The molecule has 2 aromatic carbocycles. The summed E-state index contributed by atoms with van der Waals surface area (Å²) < 4.78 is 31.7. The van der Waals surface area contributed by atoms with Crippen molar-refractivity contribution in [3.8, 4) is 0 Å². The Bertz CT molecular complexity index is 1270. The van der Waals surface area contributed by atoms with Gasteiger partial charge in [0.05, 0.1) is 16.4 Å². The van der Waals surface area contributed by atoms with E-state index in [1.165, 1.54) is 24.3 Å². The van der Waals surface area contributed by atoms with Crippen molar-refractivity contribution in [2.45, 2.75) is 11.0 Å². The number of hydrogen-bond donors (Lipinski definition) is 6. The van der Waals surface area contributed by atoms with Gasteiger partial charge in [-0.3, -0.25) is 14.9 Å². The summed E-state index contributed by atoms with van der Waals surface area (Å²) in [6, 6.07) is 10.3. The Balaban J connectivity index is 1.81. The second-order valence-electron chi connectivity index (χ2n) is 6.61. The molecule has 0 aromatic heterocycles. The van der Waals surface area contributed by atoms with Gasteiger partial charge in [0.1, 0.15) is 5.69 Å². The van der Waals surface area contributed by atoms with E-state index >= 15 is 0 Å². The number of hydrogen-bond acceptors (Lipinski definition) is 11. The first-order valence-corrected chi connectivity index (χ1v) is 10.6. The second kappa shape index (κ2) is 8.96. The summed E-state index contributed by atoms with van der Waals surface area (Å²) in [5, 5.41) is 52.1. The molecular weight excluding hydrogens is 462 g/mol. The van der Waals surface area contributed by atoms with E-state index in [1.54, 1.807) is 6.07 Å². The van der Waals surface area contributed by atoms with Gasteiger partial charge in [-0.15, -0.1) is 0 Å². The Morgan fingerprint density at radius 2 is 1.73 bits per heavy atom. The third-order valence-corrected chi connectivity index (χ3v) is 5.77. The molecule has 3 rings (SSSR count). The Hall–Kier alpha value is -4.46. The van der Waals surface area contributed by atoms with Gasteiger partial charge in [0.25, 0.3) is 21.6 Å². The van der Waals surface area contributed by atoms with Gasteiger partial charge in [-0.05, 0) is 24.3 Å². The highest BCUT2D eigenvalue weighted by Gasteiger charge is 2.32. The minimum absolute atomic E-state index is 0.0702. The molecule has 1 heterocycles. The van der Waals surface area contributed by atoms with Crippen LogP contribution in [-0.4, -0.2) is 52.3 Å². The monoisotopic (exact) mass is 479 g/mol. The average molecular weight is 479 g/mol. The molecule has 33 heavy (non-hydrogen) atoms. The maximum Gasteiger partial charge on any atom is 0.325 e. The number of aliphatic hydroxyl groups is 4. The molecule has 1 unspecified atom stereocenters. The maximum atomic E-state index is 12.5. The molecule has 1 aliphatic heterocycles. The molecule has 0 saturated carbocycles. The van der Waals surface area contributed by atoms with Crippen molar-refractivity contribution >= 4 is 27.3 Å². The summed E-state index contributed by atoms with van der Waals surface area (Å²) in [5.41, 5.74) is -0.806. The zero-order valence-electron chi connectivity index (χ0n) is 16.5. The molecule has 0 fully saturated rings. The van der Waals surface area contributed by atoms with Crippen molar-refractivity contribution < 1.29 is 43.3 Å². The van der Waals surface area contributed by atoms with Crippen LogP contribution in [0.15, 0.2) is 76.6 Å². The Morgan fingerprint density at radius 1 is 1.06 bits per heavy atom. The largest absolute Gasteiger partial charge is 0.505 e. The van der Waals surface area contributed by atoms with E-state index < -0.39 is 67.3 Å². The number of sulfonamides is 1. The normalized spacial score (nSPS) is 16.2. The number of nitro groups is 1. The highest BCUT2D eigenvalue weighted by atomic mass is 32.2. The van der Waals surface area contributed by atoms with Crippen LogP contribution < -0.4 is 10.0 Å². The predicted molar refractivity (Wildman–Crippen MR) is 112 cm³/mol. The summed E-state index contributed by atoms with van der Waals surface area (Å²) in [4.78, 5) is 22.2. The number of nitrogens with one attached hydrogen (secondary N) is 2. The minimum atomic E-state index is -4.45. The lowest BCUT2D eigenvalue weighted by Crippen LogP contribution is -2.31. The molecule has 1 atom stereocenters. The Morgan fingerprint density at radius 3 is 2.36 bits per heavy atom. The SMILES string of the molecule is O=C(NS(=O)(=O)c1ccc(NCC2OC(O)=C(O)C(O)=C2O)c([N+](=O)[O-])c1)c1ccccc1. The number of amides is 1. The highest BCUT2D eigenvalue weighted by Crippen LogP contribution is 2.29. The van der Waals surface area contributed by atoms with Crippen LogP contribution in [0, 0.1) is 10.1 Å². The summed E-state index contributed by atoms with van der Waals surface area (Å²) in [6.45, 7) is -0.426. The number of carbonyl (C=O) groups excluding carboxylic acids is 1. The molecule has 0 bridgehead atoms. The van der Waals surface area contributed by atoms with Gasteiger partial charge >= 0.3 is 5.95 Å².